The van der Waals surface area contributed by atoms with E-state index in [-0.39, 0.29) is 17.8 Å². The van der Waals surface area contributed by atoms with Gasteiger partial charge in [-0.25, -0.2) is 4.79 Å². The lowest BCUT2D eigenvalue weighted by atomic mass is 10.2. The first-order valence-corrected chi connectivity index (χ1v) is 10.4. The Hall–Kier alpha value is -3.39. The van der Waals surface area contributed by atoms with Crippen LogP contribution in [0.25, 0.3) is 23.0 Å². The molecule has 3 heterocycles. The van der Waals surface area contributed by atoms with E-state index in [0.717, 1.165) is 30.8 Å². The molecule has 0 aliphatic carbocycles. The number of allylic oxidation sites excluding steroid dienone is 1. The summed E-state index contributed by atoms with van der Waals surface area (Å²) in [5.41, 5.74) is 2.20. The van der Waals surface area contributed by atoms with Gasteiger partial charge in [0.05, 0.1) is 0 Å². The molecule has 4 rings (SSSR count). The smallest absolute Gasteiger partial charge is 0.314 e. The van der Waals surface area contributed by atoms with Crippen LogP contribution >= 0.6 is 0 Å². The number of aryl methyl sites for hydroxylation is 3. The van der Waals surface area contributed by atoms with Crippen LogP contribution in [0.15, 0.2) is 52.2 Å². The highest BCUT2D eigenvalue weighted by atomic mass is 16.2. The maximum absolute atomic E-state index is 13.3. The summed E-state index contributed by atoms with van der Waals surface area (Å²) in [7, 11) is 5.76. The monoisotopic (exact) mass is 420 g/mol. The fourth-order valence-electron chi connectivity index (χ4n) is 3.90. The third-order valence-electron chi connectivity index (χ3n) is 5.53. The third kappa shape index (κ3) is 3.86. The summed E-state index contributed by atoms with van der Waals surface area (Å²) >= 11 is 0. The Bertz CT molecular complexity index is 1370. The Morgan fingerprint density at radius 1 is 1.10 bits per heavy atom. The number of nitrogens with zero attached hydrogens (tertiary/aromatic N) is 6. The predicted octanol–water partition coefficient (Wildman–Crippen LogP) is 2.12. The van der Waals surface area contributed by atoms with Crippen molar-refractivity contribution in [2.45, 2.75) is 26.4 Å². The molecule has 0 N–H and O–H groups in total. The normalized spacial score (nSPS) is 12.2. The zero-order valence-electron chi connectivity index (χ0n) is 18.4. The molecule has 31 heavy (non-hydrogen) atoms. The number of aromatic nitrogens is 5. The van der Waals surface area contributed by atoms with Crippen LogP contribution in [0.3, 0.4) is 0 Å². The van der Waals surface area contributed by atoms with Gasteiger partial charge in [-0.2, -0.15) is 4.98 Å². The van der Waals surface area contributed by atoms with Gasteiger partial charge in [-0.15, -0.1) is 0 Å². The largest absolute Gasteiger partial charge is 0.332 e. The van der Waals surface area contributed by atoms with Crippen LogP contribution in [0.1, 0.15) is 17.7 Å². The highest BCUT2D eigenvalue weighted by Crippen LogP contribution is 2.16. The Morgan fingerprint density at radius 2 is 1.84 bits per heavy atom. The van der Waals surface area contributed by atoms with Crippen LogP contribution < -0.4 is 11.2 Å². The van der Waals surface area contributed by atoms with Crippen molar-refractivity contribution in [2.24, 2.45) is 7.05 Å². The molecule has 0 spiro atoms. The topological polar surface area (TPSA) is 69.5 Å². The molecule has 0 aliphatic heterocycles. The Kier molecular flexibility index (Phi) is 5.65. The number of rotatable bonds is 7. The van der Waals surface area contributed by atoms with Crippen molar-refractivity contribution < 1.29 is 0 Å². The van der Waals surface area contributed by atoms with E-state index >= 15 is 0 Å². The summed E-state index contributed by atoms with van der Waals surface area (Å²) in [6.45, 7) is 3.97. The zero-order valence-corrected chi connectivity index (χ0v) is 18.4. The number of fused-ring (bicyclic) bond motifs is 3. The number of hydrogen-bond donors (Lipinski definition) is 0. The van der Waals surface area contributed by atoms with Gasteiger partial charge in [0.15, 0.2) is 11.2 Å². The lowest BCUT2D eigenvalue weighted by Gasteiger charge is -2.10. The van der Waals surface area contributed by atoms with Crippen LogP contribution in [-0.2, 0) is 20.1 Å². The van der Waals surface area contributed by atoms with Crippen molar-refractivity contribution in [3.8, 4) is 0 Å². The van der Waals surface area contributed by atoms with E-state index in [1.54, 1.807) is 7.05 Å². The maximum Gasteiger partial charge on any atom is 0.332 e. The van der Waals surface area contributed by atoms with Gasteiger partial charge in [0.1, 0.15) is 0 Å². The summed E-state index contributed by atoms with van der Waals surface area (Å²) in [6.07, 6.45) is 6.64. The average molecular weight is 421 g/mol. The molecule has 0 bridgehead atoms. The lowest BCUT2D eigenvalue weighted by Crippen LogP contribution is -2.39. The van der Waals surface area contributed by atoms with Gasteiger partial charge in [0, 0.05) is 32.0 Å². The molecule has 0 fully saturated rings. The Morgan fingerprint density at radius 3 is 2.55 bits per heavy atom. The number of hydrogen-bond acceptors (Lipinski definition) is 4. The lowest BCUT2D eigenvalue weighted by molar-refractivity contribution is 0.387. The maximum atomic E-state index is 13.3. The molecule has 8 heteroatoms. The zero-order chi connectivity index (χ0) is 22.1. The first-order valence-electron chi connectivity index (χ1n) is 10.4. The van der Waals surface area contributed by atoms with Crippen LogP contribution in [0.2, 0.25) is 0 Å². The molecule has 1 aromatic carbocycles. The van der Waals surface area contributed by atoms with E-state index < -0.39 is 0 Å². The van der Waals surface area contributed by atoms with Crippen molar-refractivity contribution in [3.05, 3.63) is 74.7 Å². The van der Waals surface area contributed by atoms with E-state index in [4.69, 9.17) is 0 Å². The van der Waals surface area contributed by atoms with E-state index in [2.05, 4.69) is 14.5 Å². The molecule has 8 nitrogen and oxygen atoms in total. The molecule has 0 amide bonds. The van der Waals surface area contributed by atoms with Crippen molar-refractivity contribution in [2.75, 3.05) is 20.6 Å². The standard InChI is InChI=1S/C23H28N6O2/c1-17-16-29-19-20(24-22(29)27(17)15-9-13-25(2)3)26(4)23(31)28(21(19)30)14-8-12-18-10-6-5-7-11-18/h5-8,10-12,16H,9,13-15H2,1-4H3/b12-8+. The number of benzene rings is 1. The van der Waals surface area contributed by atoms with E-state index in [0.29, 0.717) is 16.9 Å². The van der Waals surface area contributed by atoms with Gasteiger partial charge in [-0.3, -0.25) is 18.3 Å². The van der Waals surface area contributed by atoms with Crippen LogP contribution in [-0.4, -0.2) is 48.6 Å². The predicted molar refractivity (Wildman–Crippen MR) is 124 cm³/mol. The molecule has 0 unspecified atom stereocenters. The highest BCUT2D eigenvalue weighted by Gasteiger charge is 2.19. The summed E-state index contributed by atoms with van der Waals surface area (Å²) in [4.78, 5) is 33.0. The van der Waals surface area contributed by atoms with Crippen molar-refractivity contribution in [1.82, 2.24) is 28.0 Å². The summed E-state index contributed by atoms with van der Waals surface area (Å²) < 4.78 is 6.64. The van der Waals surface area contributed by atoms with Gasteiger partial charge in [-0.1, -0.05) is 42.5 Å². The van der Waals surface area contributed by atoms with Gasteiger partial charge in [-0.05, 0) is 39.5 Å². The van der Waals surface area contributed by atoms with Crippen LogP contribution in [0.4, 0.5) is 0 Å². The molecule has 0 saturated carbocycles. The van der Waals surface area contributed by atoms with E-state index in [1.165, 1.54) is 9.13 Å². The van der Waals surface area contributed by atoms with Crippen molar-refractivity contribution >= 4 is 23.0 Å². The highest BCUT2D eigenvalue weighted by molar-refractivity contribution is 5.75. The van der Waals surface area contributed by atoms with Crippen molar-refractivity contribution in [3.63, 3.8) is 0 Å². The molecule has 0 aliphatic rings. The van der Waals surface area contributed by atoms with Crippen LogP contribution in [0, 0.1) is 6.92 Å². The van der Waals surface area contributed by atoms with Gasteiger partial charge >= 0.3 is 5.69 Å². The Balaban J connectivity index is 1.77. The van der Waals surface area contributed by atoms with Gasteiger partial charge in [0.25, 0.3) is 5.56 Å². The first kappa shape index (κ1) is 20.9. The first-order chi connectivity index (χ1) is 14.9. The minimum Gasteiger partial charge on any atom is -0.314 e. The minimum atomic E-state index is -0.369. The number of imidazole rings is 2. The molecule has 0 radical (unpaired) electrons. The van der Waals surface area contributed by atoms with Gasteiger partial charge in [0.2, 0.25) is 5.78 Å². The molecular formula is C23H28N6O2. The molecule has 4 aromatic rings. The third-order valence-corrected chi connectivity index (χ3v) is 5.53. The fourth-order valence-corrected chi connectivity index (χ4v) is 3.90. The molecular weight excluding hydrogens is 392 g/mol. The van der Waals surface area contributed by atoms with Gasteiger partial charge < -0.3 is 9.47 Å². The fraction of sp³-hybridized carbons (Fsp3) is 0.348. The average Bonchev–Trinajstić information content (AvgIpc) is 3.25. The van der Waals surface area contributed by atoms with E-state index in [1.807, 2.05) is 74.1 Å². The second-order valence-electron chi connectivity index (χ2n) is 8.10. The molecule has 0 saturated heterocycles. The molecule has 3 aromatic heterocycles. The SMILES string of the molecule is Cc1cn2c3c(=O)n(C/C=C/c4ccccc4)c(=O)n(C)c3nc2n1CCCN(C)C. The van der Waals surface area contributed by atoms with E-state index in [9.17, 15) is 9.59 Å². The summed E-state index contributed by atoms with van der Waals surface area (Å²) in [5.74, 6) is 0.691. The van der Waals surface area contributed by atoms with Crippen LogP contribution in [0.5, 0.6) is 0 Å². The summed E-state index contributed by atoms with van der Waals surface area (Å²) in [6, 6.07) is 9.80. The van der Waals surface area contributed by atoms with Crippen molar-refractivity contribution in [1.29, 1.82) is 0 Å². The summed E-state index contributed by atoms with van der Waals surface area (Å²) in [5, 5.41) is 0. The Labute approximate surface area is 180 Å². The quantitative estimate of drug-likeness (QED) is 0.459. The second-order valence-corrected chi connectivity index (χ2v) is 8.10. The molecule has 0 atom stereocenters. The minimum absolute atomic E-state index is 0.200. The molecule has 162 valence electrons. The second kappa shape index (κ2) is 8.39.